The summed E-state index contributed by atoms with van der Waals surface area (Å²) in [7, 11) is 0. The second-order valence-electron chi connectivity index (χ2n) is 5.19. The van der Waals surface area contributed by atoms with Crippen molar-refractivity contribution in [3.05, 3.63) is 69.5 Å². The Labute approximate surface area is 153 Å². The van der Waals surface area contributed by atoms with Gasteiger partial charge >= 0.3 is 0 Å². The minimum Gasteiger partial charge on any atom is -0.306 e. The minimum atomic E-state index is -0.372. The van der Waals surface area contributed by atoms with Crippen LogP contribution >= 0.6 is 23.2 Å². The minimum absolute atomic E-state index is 0.303. The molecule has 1 amide bonds. The molecule has 0 fully saturated rings. The van der Waals surface area contributed by atoms with Crippen LogP contribution in [0.4, 0.5) is 5.82 Å². The zero-order chi connectivity index (χ0) is 18.0. The molecule has 3 rings (SSSR count). The molecular formula is C17H11Cl2N5O. The number of amides is 1. The first-order valence-corrected chi connectivity index (χ1v) is 7.93. The molecule has 1 N–H and O–H groups in total. The Hall–Kier alpha value is -2.88. The van der Waals surface area contributed by atoms with Crippen molar-refractivity contribution < 1.29 is 4.79 Å². The molecule has 1 aromatic carbocycles. The van der Waals surface area contributed by atoms with Crippen LogP contribution in [-0.4, -0.2) is 20.7 Å². The number of rotatable bonds is 3. The van der Waals surface area contributed by atoms with Gasteiger partial charge in [-0.15, -0.1) is 0 Å². The summed E-state index contributed by atoms with van der Waals surface area (Å²) < 4.78 is 1.43. The number of anilines is 1. The smallest absolute Gasteiger partial charge is 0.256 e. The number of carbonyl (C=O) groups excluding carboxylic acids is 1. The average molecular weight is 372 g/mol. The second kappa shape index (κ2) is 6.93. The zero-order valence-electron chi connectivity index (χ0n) is 13.0. The maximum atomic E-state index is 12.5. The molecule has 25 heavy (non-hydrogen) atoms. The quantitative estimate of drug-likeness (QED) is 0.753. The van der Waals surface area contributed by atoms with Crippen LogP contribution in [0.3, 0.4) is 0 Å². The Kier molecular flexibility index (Phi) is 4.70. The predicted octanol–water partition coefficient (Wildman–Crippen LogP) is 4.01. The molecular weight excluding hydrogens is 361 g/mol. The highest BCUT2D eigenvalue weighted by atomic mass is 35.5. The van der Waals surface area contributed by atoms with Crippen LogP contribution < -0.4 is 5.32 Å². The van der Waals surface area contributed by atoms with Gasteiger partial charge in [-0.1, -0.05) is 29.3 Å². The van der Waals surface area contributed by atoms with Gasteiger partial charge in [0, 0.05) is 17.8 Å². The number of pyridine rings is 1. The van der Waals surface area contributed by atoms with E-state index in [1.165, 1.54) is 16.9 Å². The largest absolute Gasteiger partial charge is 0.306 e. The van der Waals surface area contributed by atoms with Gasteiger partial charge in [-0.2, -0.15) is 15.0 Å². The van der Waals surface area contributed by atoms with E-state index in [4.69, 9.17) is 28.5 Å². The zero-order valence-corrected chi connectivity index (χ0v) is 14.5. The molecule has 8 heteroatoms. The fourth-order valence-electron chi connectivity index (χ4n) is 2.23. The van der Waals surface area contributed by atoms with Gasteiger partial charge in [0.1, 0.15) is 5.82 Å². The summed E-state index contributed by atoms with van der Waals surface area (Å²) in [6.45, 7) is 1.78. The number of carbonyl (C=O) groups is 1. The molecule has 0 spiro atoms. The van der Waals surface area contributed by atoms with Crippen molar-refractivity contribution >= 4 is 34.9 Å². The Morgan fingerprint density at radius 2 is 2.08 bits per heavy atom. The molecule has 0 aliphatic carbocycles. The van der Waals surface area contributed by atoms with Gasteiger partial charge in [-0.05, 0) is 31.2 Å². The number of aryl methyl sites for hydroxylation is 1. The van der Waals surface area contributed by atoms with Crippen molar-refractivity contribution in [2.45, 2.75) is 6.92 Å². The highest BCUT2D eigenvalue weighted by molar-refractivity contribution is 6.35. The molecule has 124 valence electrons. The number of nitrogens with zero attached hydrogens (tertiary/aromatic N) is 4. The van der Waals surface area contributed by atoms with Gasteiger partial charge in [-0.3, -0.25) is 4.79 Å². The molecule has 3 aromatic rings. The van der Waals surface area contributed by atoms with Crippen LogP contribution in [0.2, 0.25) is 10.0 Å². The maximum Gasteiger partial charge on any atom is 0.256 e. The molecule has 0 saturated heterocycles. The number of halogens is 2. The van der Waals surface area contributed by atoms with E-state index in [-0.39, 0.29) is 5.91 Å². The topological polar surface area (TPSA) is 83.6 Å². The van der Waals surface area contributed by atoms with Crippen LogP contribution in [0.1, 0.15) is 21.6 Å². The molecule has 0 unspecified atom stereocenters. The van der Waals surface area contributed by atoms with Crippen LogP contribution in [0.5, 0.6) is 0 Å². The number of nitriles is 1. The van der Waals surface area contributed by atoms with E-state index in [9.17, 15) is 4.79 Å². The van der Waals surface area contributed by atoms with Gasteiger partial charge in [0.2, 0.25) is 0 Å². The summed E-state index contributed by atoms with van der Waals surface area (Å²) in [6.07, 6.45) is 1.45. The third kappa shape index (κ3) is 3.63. The van der Waals surface area contributed by atoms with Gasteiger partial charge in [0.25, 0.3) is 5.91 Å². The molecule has 0 saturated carbocycles. The van der Waals surface area contributed by atoms with E-state index in [1.54, 1.807) is 37.3 Å². The number of aromatic nitrogens is 3. The fourth-order valence-corrected chi connectivity index (χ4v) is 2.69. The molecule has 0 aliphatic heterocycles. The SMILES string of the molecule is Cc1cc(NC(=O)c2cccc(C#N)c2)n(-c2ncc(Cl)cc2Cl)n1. The van der Waals surface area contributed by atoms with Crippen LogP contribution in [0.15, 0.2) is 42.6 Å². The van der Waals surface area contributed by atoms with Crippen molar-refractivity contribution in [3.63, 3.8) is 0 Å². The van der Waals surface area contributed by atoms with Gasteiger partial charge in [-0.25, -0.2) is 4.98 Å². The van der Waals surface area contributed by atoms with Crippen LogP contribution in [0, 0.1) is 18.3 Å². The summed E-state index contributed by atoms with van der Waals surface area (Å²) >= 11 is 12.1. The lowest BCUT2D eigenvalue weighted by molar-refractivity contribution is 0.102. The van der Waals surface area contributed by atoms with Crippen LogP contribution in [-0.2, 0) is 0 Å². The second-order valence-corrected chi connectivity index (χ2v) is 6.03. The highest BCUT2D eigenvalue weighted by Crippen LogP contribution is 2.25. The normalized spacial score (nSPS) is 10.3. The van der Waals surface area contributed by atoms with E-state index in [2.05, 4.69) is 15.4 Å². The van der Waals surface area contributed by atoms with E-state index < -0.39 is 0 Å². The molecule has 0 bridgehead atoms. The van der Waals surface area contributed by atoms with E-state index >= 15 is 0 Å². The molecule has 2 heterocycles. The van der Waals surface area contributed by atoms with Crippen LogP contribution in [0.25, 0.3) is 5.82 Å². The van der Waals surface area contributed by atoms with E-state index in [1.807, 2.05) is 6.07 Å². The van der Waals surface area contributed by atoms with Gasteiger partial charge < -0.3 is 5.32 Å². The Morgan fingerprint density at radius 1 is 1.28 bits per heavy atom. The molecule has 6 nitrogen and oxygen atoms in total. The van der Waals surface area contributed by atoms with E-state index in [0.29, 0.717) is 38.5 Å². The molecule has 0 aliphatic rings. The van der Waals surface area contributed by atoms with Crippen molar-refractivity contribution in [1.29, 1.82) is 5.26 Å². The third-order valence-electron chi connectivity index (χ3n) is 3.32. The standard InChI is InChI=1S/C17H11Cl2N5O/c1-10-5-15(22-17(25)12-4-2-3-11(6-12)8-20)24(23-10)16-14(19)7-13(18)9-21-16/h2-7,9H,1H3,(H,22,25). The molecule has 0 radical (unpaired) electrons. The lowest BCUT2D eigenvalue weighted by Gasteiger charge is -2.10. The third-order valence-corrected chi connectivity index (χ3v) is 3.80. The van der Waals surface area contributed by atoms with Crippen molar-refractivity contribution in [3.8, 4) is 11.9 Å². The summed E-state index contributed by atoms with van der Waals surface area (Å²) in [4.78, 5) is 16.6. The first-order valence-electron chi connectivity index (χ1n) is 7.17. The maximum absolute atomic E-state index is 12.5. The molecule has 2 aromatic heterocycles. The lowest BCUT2D eigenvalue weighted by Crippen LogP contribution is -2.16. The van der Waals surface area contributed by atoms with Crippen molar-refractivity contribution in [2.75, 3.05) is 5.32 Å². The fraction of sp³-hybridized carbons (Fsp3) is 0.0588. The number of hydrogen-bond acceptors (Lipinski definition) is 4. The number of benzene rings is 1. The predicted molar refractivity (Wildman–Crippen MR) is 95.2 cm³/mol. The van der Waals surface area contributed by atoms with Gasteiger partial charge in [0.05, 0.1) is 27.4 Å². The monoisotopic (exact) mass is 371 g/mol. The summed E-state index contributed by atoms with van der Waals surface area (Å²) in [5.41, 5.74) is 1.44. The lowest BCUT2D eigenvalue weighted by atomic mass is 10.1. The highest BCUT2D eigenvalue weighted by Gasteiger charge is 2.16. The number of nitrogens with one attached hydrogen (secondary N) is 1. The Morgan fingerprint density at radius 3 is 2.80 bits per heavy atom. The average Bonchev–Trinajstić information content (AvgIpc) is 2.95. The summed E-state index contributed by atoms with van der Waals surface area (Å²) in [6, 6.07) is 11.6. The van der Waals surface area contributed by atoms with Gasteiger partial charge in [0.15, 0.2) is 5.82 Å². The first kappa shape index (κ1) is 17.0. The summed E-state index contributed by atoms with van der Waals surface area (Å²) in [5, 5.41) is 16.7. The van der Waals surface area contributed by atoms with Crippen molar-refractivity contribution in [2.24, 2.45) is 0 Å². The van der Waals surface area contributed by atoms with Crippen molar-refractivity contribution in [1.82, 2.24) is 14.8 Å². The summed E-state index contributed by atoms with van der Waals surface area (Å²) in [5.74, 6) is 0.380. The first-order chi connectivity index (χ1) is 12.0. The molecule has 0 atom stereocenters. The Balaban J connectivity index is 1.96. The number of hydrogen-bond donors (Lipinski definition) is 1. The Bertz CT molecular complexity index is 1010. The van der Waals surface area contributed by atoms with E-state index in [0.717, 1.165) is 0 Å².